The van der Waals surface area contributed by atoms with E-state index in [1.54, 1.807) is 24.3 Å². The standard InChI is InChI=1S/C23H28N6O2/c1-2-27-11-13-28(14-12-27)16-19-9-7-18(8-10-19)15-24-22(30)17-29-23(31)20-5-3-4-6-21(20)25-26-29/h3-10H,2,11-17H2,1H3,(H,24,30). The van der Waals surface area contributed by atoms with E-state index < -0.39 is 0 Å². The molecule has 1 aliphatic heterocycles. The fourth-order valence-corrected chi connectivity index (χ4v) is 3.80. The third kappa shape index (κ3) is 5.34. The molecule has 8 heteroatoms. The highest BCUT2D eigenvalue weighted by atomic mass is 16.2. The lowest BCUT2D eigenvalue weighted by molar-refractivity contribution is -0.122. The average Bonchev–Trinajstić information content (AvgIpc) is 2.81. The van der Waals surface area contributed by atoms with Gasteiger partial charge in [0.25, 0.3) is 5.56 Å². The molecule has 0 saturated carbocycles. The Labute approximate surface area is 181 Å². The molecule has 1 amide bonds. The minimum absolute atomic E-state index is 0.154. The van der Waals surface area contributed by atoms with Gasteiger partial charge in [0.1, 0.15) is 12.1 Å². The number of rotatable bonds is 7. The highest BCUT2D eigenvalue weighted by Gasteiger charge is 2.15. The molecule has 0 radical (unpaired) electrons. The minimum atomic E-state index is -0.315. The van der Waals surface area contributed by atoms with Gasteiger partial charge in [-0.25, -0.2) is 4.68 Å². The third-order valence-corrected chi connectivity index (χ3v) is 5.75. The van der Waals surface area contributed by atoms with Crippen molar-refractivity contribution in [2.75, 3.05) is 32.7 Å². The normalized spacial score (nSPS) is 15.3. The zero-order valence-corrected chi connectivity index (χ0v) is 17.8. The van der Waals surface area contributed by atoms with Gasteiger partial charge in [-0.15, -0.1) is 5.10 Å². The van der Waals surface area contributed by atoms with Crippen LogP contribution >= 0.6 is 0 Å². The van der Waals surface area contributed by atoms with E-state index in [0.717, 1.165) is 49.5 Å². The molecule has 0 atom stereocenters. The van der Waals surface area contributed by atoms with E-state index in [1.165, 1.54) is 5.56 Å². The molecule has 0 unspecified atom stereocenters. The number of amides is 1. The summed E-state index contributed by atoms with van der Waals surface area (Å²) in [6, 6.07) is 15.3. The fraction of sp³-hybridized carbons (Fsp3) is 0.391. The summed E-state index contributed by atoms with van der Waals surface area (Å²) in [7, 11) is 0. The second-order valence-electron chi connectivity index (χ2n) is 7.87. The van der Waals surface area contributed by atoms with Gasteiger partial charge in [-0.1, -0.05) is 48.5 Å². The first kappa shape index (κ1) is 21.1. The lowest BCUT2D eigenvalue weighted by atomic mass is 10.1. The zero-order chi connectivity index (χ0) is 21.6. The zero-order valence-electron chi connectivity index (χ0n) is 17.8. The molecule has 1 aliphatic rings. The van der Waals surface area contributed by atoms with Crippen molar-refractivity contribution in [1.29, 1.82) is 0 Å². The number of carbonyl (C=O) groups excluding carboxylic acids is 1. The highest BCUT2D eigenvalue weighted by molar-refractivity contribution is 5.78. The molecule has 3 aromatic rings. The van der Waals surface area contributed by atoms with Crippen LogP contribution in [-0.2, 0) is 24.4 Å². The number of hydrogen-bond acceptors (Lipinski definition) is 6. The summed E-state index contributed by atoms with van der Waals surface area (Å²) in [5.74, 6) is -0.274. The van der Waals surface area contributed by atoms with E-state index >= 15 is 0 Å². The van der Waals surface area contributed by atoms with Crippen molar-refractivity contribution in [3.8, 4) is 0 Å². The molecule has 0 spiro atoms. The van der Waals surface area contributed by atoms with Crippen LogP contribution in [-0.4, -0.2) is 63.4 Å². The van der Waals surface area contributed by atoms with Crippen molar-refractivity contribution in [3.05, 3.63) is 70.0 Å². The van der Waals surface area contributed by atoms with Crippen molar-refractivity contribution in [2.24, 2.45) is 0 Å². The lowest BCUT2D eigenvalue weighted by Crippen LogP contribution is -2.45. The predicted octanol–water partition coefficient (Wildman–Crippen LogP) is 1.25. The quantitative estimate of drug-likeness (QED) is 0.619. The van der Waals surface area contributed by atoms with Gasteiger partial charge < -0.3 is 10.2 Å². The van der Waals surface area contributed by atoms with Crippen LogP contribution in [0.15, 0.2) is 53.3 Å². The van der Waals surface area contributed by atoms with E-state index in [9.17, 15) is 9.59 Å². The van der Waals surface area contributed by atoms with Gasteiger partial charge in [-0.05, 0) is 29.8 Å². The molecule has 162 valence electrons. The predicted molar refractivity (Wildman–Crippen MR) is 119 cm³/mol. The van der Waals surface area contributed by atoms with Crippen LogP contribution in [0.3, 0.4) is 0 Å². The lowest BCUT2D eigenvalue weighted by Gasteiger charge is -2.34. The van der Waals surface area contributed by atoms with Crippen LogP contribution < -0.4 is 10.9 Å². The molecule has 2 aromatic carbocycles. The van der Waals surface area contributed by atoms with Crippen molar-refractivity contribution in [2.45, 2.75) is 26.6 Å². The highest BCUT2D eigenvalue weighted by Crippen LogP contribution is 2.10. The number of likely N-dealkylation sites (N-methyl/N-ethyl adjacent to an activating group) is 1. The number of nitrogens with one attached hydrogen (secondary N) is 1. The van der Waals surface area contributed by atoms with Crippen LogP contribution in [0.2, 0.25) is 0 Å². The minimum Gasteiger partial charge on any atom is -0.350 e. The smallest absolute Gasteiger partial charge is 0.278 e. The molecule has 2 heterocycles. The summed E-state index contributed by atoms with van der Waals surface area (Å²) in [6.45, 7) is 9.00. The van der Waals surface area contributed by atoms with E-state index in [0.29, 0.717) is 17.4 Å². The van der Waals surface area contributed by atoms with E-state index in [2.05, 4.69) is 44.5 Å². The molecule has 0 bridgehead atoms. The molecule has 0 aliphatic carbocycles. The van der Waals surface area contributed by atoms with Crippen LogP contribution in [0.1, 0.15) is 18.1 Å². The van der Waals surface area contributed by atoms with Gasteiger partial charge in [0.15, 0.2) is 0 Å². The summed E-state index contributed by atoms with van der Waals surface area (Å²) in [4.78, 5) is 29.7. The van der Waals surface area contributed by atoms with Crippen molar-refractivity contribution in [1.82, 2.24) is 30.1 Å². The molecule has 1 N–H and O–H groups in total. The van der Waals surface area contributed by atoms with Gasteiger partial charge in [0.2, 0.25) is 5.91 Å². The second-order valence-corrected chi connectivity index (χ2v) is 7.87. The van der Waals surface area contributed by atoms with Gasteiger partial charge in [0, 0.05) is 39.3 Å². The number of carbonyl (C=O) groups is 1. The third-order valence-electron chi connectivity index (χ3n) is 5.75. The Morgan fingerprint density at radius 3 is 2.39 bits per heavy atom. The van der Waals surface area contributed by atoms with E-state index in [4.69, 9.17) is 0 Å². The Hall–Kier alpha value is -3.10. The Kier molecular flexibility index (Phi) is 6.69. The molecule has 1 aromatic heterocycles. The maximum absolute atomic E-state index is 12.4. The largest absolute Gasteiger partial charge is 0.350 e. The SMILES string of the molecule is CCN1CCN(Cc2ccc(CNC(=O)Cn3nnc4ccccc4c3=O)cc2)CC1. The Balaban J connectivity index is 1.28. The monoisotopic (exact) mass is 420 g/mol. The second kappa shape index (κ2) is 9.80. The maximum atomic E-state index is 12.4. The summed E-state index contributed by atoms with van der Waals surface area (Å²) in [6.07, 6.45) is 0. The van der Waals surface area contributed by atoms with Crippen LogP contribution in [0.5, 0.6) is 0 Å². The van der Waals surface area contributed by atoms with Crippen molar-refractivity contribution >= 4 is 16.8 Å². The summed E-state index contributed by atoms with van der Waals surface area (Å²) >= 11 is 0. The Morgan fingerprint density at radius 2 is 1.65 bits per heavy atom. The number of nitrogens with zero attached hydrogens (tertiary/aromatic N) is 5. The molecule has 1 saturated heterocycles. The summed E-state index contributed by atoms with van der Waals surface area (Å²) < 4.78 is 1.10. The number of hydrogen-bond donors (Lipinski definition) is 1. The van der Waals surface area contributed by atoms with Gasteiger partial charge in [-0.3, -0.25) is 14.5 Å². The van der Waals surface area contributed by atoms with Crippen molar-refractivity contribution < 1.29 is 4.79 Å². The fourth-order valence-electron chi connectivity index (χ4n) is 3.80. The van der Waals surface area contributed by atoms with Crippen LogP contribution in [0.25, 0.3) is 10.9 Å². The number of fused-ring (bicyclic) bond motifs is 1. The first-order chi connectivity index (χ1) is 15.1. The molecular formula is C23H28N6O2. The maximum Gasteiger partial charge on any atom is 0.278 e. The average molecular weight is 421 g/mol. The van der Waals surface area contributed by atoms with Gasteiger partial charge >= 0.3 is 0 Å². The molecule has 1 fully saturated rings. The first-order valence-corrected chi connectivity index (χ1v) is 10.7. The van der Waals surface area contributed by atoms with Gasteiger partial charge in [0.05, 0.1) is 5.39 Å². The van der Waals surface area contributed by atoms with Crippen LogP contribution in [0, 0.1) is 0 Å². The molecular weight excluding hydrogens is 392 g/mol. The molecule has 8 nitrogen and oxygen atoms in total. The number of benzene rings is 2. The summed E-state index contributed by atoms with van der Waals surface area (Å²) in [5, 5.41) is 11.2. The first-order valence-electron chi connectivity index (χ1n) is 10.7. The number of aromatic nitrogens is 3. The van der Waals surface area contributed by atoms with Crippen molar-refractivity contribution in [3.63, 3.8) is 0 Å². The molecule has 31 heavy (non-hydrogen) atoms. The van der Waals surface area contributed by atoms with Gasteiger partial charge in [-0.2, -0.15) is 0 Å². The number of piperazine rings is 1. The summed E-state index contributed by atoms with van der Waals surface area (Å²) in [5.41, 5.74) is 2.50. The molecule has 4 rings (SSSR count). The Bertz CT molecular complexity index is 1090. The topological polar surface area (TPSA) is 83.4 Å². The Morgan fingerprint density at radius 1 is 0.968 bits per heavy atom. The van der Waals surface area contributed by atoms with Crippen LogP contribution in [0.4, 0.5) is 0 Å². The van der Waals surface area contributed by atoms with E-state index in [-0.39, 0.29) is 18.0 Å². The van der Waals surface area contributed by atoms with E-state index in [1.807, 2.05) is 12.1 Å².